The number of ether oxygens (including phenoxy) is 1. The van der Waals surface area contributed by atoms with Crippen LogP contribution in [0.4, 0.5) is 0 Å². The summed E-state index contributed by atoms with van der Waals surface area (Å²) in [6.45, 7) is 11.0. The lowest BCUT2D eigenvalue weighted by Gasteiger charge is -2.26. The van der Waals surface area contributed by atoms with Crippen molar-refractivity contribution >= 4 is 0 Å². The Labute approximate surface area is 114 Å². The molecule has 0 radical (unpaired) electrons. The Hall–Kier alpha value is -0.0800. The van der Waals surface area contributed by atoms with E-state index in [0.29, 0.717) is 12.1 Å². The quantitative estimate of drug-likeness (QED) is 0.672. The average molecular weight is 255 g/mol. The molecular weight excluding hydrogens is 222 g/mol. The maximum atomic E-state index is 6.06. The molecule has 2 nitrogen and oxygen atoms in total. The summed E-state index contributed by atoms with van der Waals surface area (Å²) in [5.41, 5.74) is 0. The molecular formula is C16H33NO. The van der Waals surface area contributed by atoms with Crippen molar-refractivity contribution in [2.24, 2.45) is 11.8 Å². The van der Waals surface area contributed by atoms with Crippen LogP contribution >= 0.6 is 0 Å². The van der Waals surface area contributed by atoms with Crippen molar-refractivity contribution in [1.82, 2.24) is 5.32 Å². The Balaban J connectivity index is 2.30. The molecule has 0 bridgehead atoms. The second-order valence-corrected chi connectivity index (χ2v) is 6.38. The minimum absolute atomic E-state index is 0.400. The van der Waals surface area contributed by atoms with E-state index in [9.17, 15) is 0 Å². The van der Waals surface area contributed by atoms with Crippen LogP contribution in [0.25, 0.3) is 0 Å². The maximum absolute atomic E-state index is 6.06. The molecule has 1 fully saturated rings. The summed E-state index contributed by atoms with van der Waals surface area (Å²) in [6.07, 6.45) is 8.40. The summed E-state index contributed by atoms with van der Waals surface area (Å²) in [7, 11) is 0. The lowest BCUT2D eigenvalue weighted by atomic mass is 9.98. The van der Waals surface area contributed by atoms with Gasteiger partial charge in [-0.3, -0.25) is 0 Å². The first-order chi connectivity index (χ1) is 8.63. The van der Waals surface area contributed by atoms with Crippen LogP contribution in [-0.4, -0.2) is 25.3 Å². The summed E-state index contributed by atoms with van der Waals surface area (Å²) >= 11 is 0. The van der Waals surface area contributed by atoms with Gasteiger partial charge < -0.3 is 10.1 Å². The van der Waals surface area contributed by atoms with Crippen molar-refractivity contribution in [3.05, 3.63) is 0 Å². The largest absolute Gasteiger partial charge is 0.377 e. The van der Waals surface area contributed by atoms with Crippen molar-refractivity contribution in [3.8, 4) is 0 Å². The van der Waals surface area contributed by atoms with Crippen LogP contribution in [0.5, 0.6) is 0 Å². The molecule has 1 aliphatic rings. The fourth-order valence-electron chi connectivity index (χ4n) is 3.05. The molecule has 1 rings (SSSR count). The summed E-state index contributed by atoms with van der Waals surface area (Å²) in [5.74, 6) is 1.58. The molecule has 0 heterocycles. The normalized spacial score (nSPS) is 20.5. The highest BCUT2D eigenvalue weighted by Crippen LogP contribution is 2.28. The van der Waals surface area contributed by atoms with Crippen LogP contribution in [0.15, 0.2) is 0 Å². The second-order valence-electron chi connectivity index (χ2n) is 6.38. The highest BCUT2D eigenvalue weighted by molar-refractivity contribution is 4.80. The molecule has 1 N–H and O–H groups in total. The van der Waals surface area contributed by atoms with Crippen molar-refractivity contribution < 1.29 is 4.74 Å². The van der Waals surface area contributed by atoms with E-state index in [1.165, 1.54) is 38.5 Å². The molecule has 0 aliphatic heterocycles. The summed E-state index contributed by atoms with van der Waals surface area (Å²) in [4.78, 5) is 0. The zero-order valence-electron chi connectivity index (χ0n) is 12.9. The van der Waals surface area contributed by atoms with E-state index in [4.69, 9.17) is 4.74 Å². The van der Waals surface area contributed by atoms with E-state index < -0.39 is 0 Å². The van der Waals surface area contributed by atoms with Gasteiger partial charge in [0.2, 0.25) is 0 Å². The predicted molar refractivity (Wildman–Crippen MR) is 78.9 cm³/mol. The molecule has 0 aromatic heterocycles. The second kappa shape index (κ2) is 8.92. The molecule has 0 aromatic carbocycles. The van der Waals surface area contributed by atoms with Gasteiger partial charge in [0.05, 0.1) is 12.7 Å². The molecule has 2 heteroatoms. The SMILES string of the molecule is CCCNC(COC(C)CC(C)C)C1CCCC1. The average Bonchev–Trinajstić information content (AvgIpc) is 2.81. The molecule has 1 aliphatic carbocycles. The molecule has 0 aromatic rings. The molecule has 2 atom stereocenters. The molecule has 108 valence electrons. The van der Waals surface area contributed by atoms with Gasteiger partial charge >= 0.3 is 0 Å². The van der Waals surface area contributed by atoms with E-state index in [0.717, 1.165) is 25.0 Å². The van der Waals surface area contributed by atoms with Crippen LogP contribution in [0.1, 0.15) is 66.2 Å². The van der Waals surface area contributed by atoms with E-state index in [-0.39, 0.29) is 0 Å². The molecule has 18 heavy (non-hydrogen) atoms. The molecule has 0 amide bonds. The fraction of sp³-hybridized carbons (Fsp3) is 1.00. The van der Waals surface area contributed by atoms with Gasteiger partial charge in [0.15, 0.2) is 0 Å². The zero-order chi connectivity index (χ0) is 13.4. The smallest absolute Gasteiger partial charge is 0.0625 e. The Bertz CT molecular complexity index is 199. The van der Waals surface area contributed by atoms with Gasteiger partial charge in [0.25, 0.3) is 0 Å². The van der Waals surface area contributed by atoms with Crippen molar-refractivity contribution in [2.75, 3.05) is 13.2 Å². The highest BCUT2D eigenvalue weighted by Gasteiger charge is 2.25. The fourth-order valence-corrected chi connectivity index (χ4v) is 3.05. The van der Waals surface area contributed by atoms with Gasteiger partial charge in [-0.05, 0) is 51.0 Å². The van der Waals surface area contributed by atoms with E-state index >= 15 is 0 Å². The topological polar surface area (TPSA) is 21.3 Å². The third-order valence-electron chi connectivity index (χ3n) is 3.99. The molecule has 0 saturated heterocycles. The van der Waals surface area contributed by atoms with E-state index in [1.54, 1.807) is 0 Å². The highest BCUT2D eigenvalue weighted by atomic mass is 16.5. The first-order valence-electron chi connectivity index (χ1n) is 7.98. The first kappa shape index (κ1) is 16.0. The van der Waals surface area contributed by atoms with Gasteiger partial charge in [0, 0.05) is 6.04 Å². The monoisotopic (exact) mass is 255 g/mol. The van der Waals surface area contributed by atoms with Gasteiger partial charge in [-0.15, -0.1) is 0 Å². The number of rotatable bonds is 9. The Kier molecular flexibility index (Phi) is 7.92. The van der Waals surface area contributed by atoms with Crippen LogP contribution in [0.2, 0.25) is 0 Å². The minimum Gasteiger partial charge on any atom is -0.377 e. The molecule has 0 spiro atoms. The van der Waals surface area contributed by atoms with E-state index in [2.05, 4.69) is 33.0 Å². The van der Waals surface area contributed by atoms with Gasteiger partial charge in [-0.2, -0.15) is 0 Å². The number of nitrogens with one attached hydrogen (secondary N) is 1. The lowest BCUT2D eigenvalue weighted by molar-refractivity contribution is 0.0271. The minimum atomic E-state index is 0.400. The van der Waals surface area contributed by atoms with Gasteiger partial charge in [0.1, 0.15) is 0 Å². The zero-order valence-corrected chi connectivity index (χ0v) is 12.9. The number of hydrogen-bond donors (Lipinski definition) is 1. The van der Waals surface area contributed by atoms with Crippen LogP contribution in [0, 0.1) is 11.8 Å². The molecule has 2 unspecified atom stereocenters. The predicted octanol–water partition coefficient (Wildman–Crippen LogP) is 4.00. The van der Waals surface area contributed by atoms with Crippen molar-refractivity contribution in [1.29, 1.82) is 0 Å². The first-order valence-corrected chi connectivity index (χ1v) is 7.98. The standard InChI is InChI=1S/C16H33NO/c1-5-10-17-16(15-8-6-7-9-15)12-18-14(4)11-13(2)3/h13-17H,5-12H2,1-4H3. The summed E-state index contributed by atoms with van der Waals surface area (Å²) < 4.78 is 6.06. The van der Waals surface area contributed by atoms with E-state index in [1.807, 2.05) is 0 Å². The lowest BCUT2D eigenvalue weighted by Crippen LogP contribution is -2.40. The van der Waals surface area contributed by atoms with Crippen molar-refractivity contribution in [3.63, 3.8) is 0 Å². The summed E-state index contributed by atoms with van der Waals surface area (Å²) in [5, 5.41) is 3.70. The van der Waals surface area contributed by atoms with Crippen molar-refractivity contribution in [2.45, 2.75) is 78.4 Å². The van der Waals surface area contributed by atoms with Crippen LogP contribution < -0.4 is 5.32 Å². The maximum Gasteiger partial charge on any atom is 0.0625 e. The number of hydrogen-bond acceptors (Lipinski definition) is 2. The Morgan fingerprint density at radius 3 is 2.39 bits per heavy atom. The molecule has 1 saturated carbocycles. The Morgan fingerprint density at radius 2 is 1.83 bits per heavy atom. The van der Waals surface area contributed by atoms with Gasteiger partial charge in [-0.25, -0.2) is 0 Å². The third kappa shape index (κ3) is 6.19. The van der Waals surface area contributed by atoms with Crippen LogP contribution in [0.3, 0.4) is 0 Å². The third-order valence-corrected chi connectivity index (χ3v) is 3.99. The Morgan fingerprint density at radius 1 is 1.17 bits per heavy atom. The van der Waals surface area contributed by atoms with Gasteiger partial charge in [-0.1, -0.05) is 33.6 Å². The summed E-state index contributed by atoms with van der Waals surface area (Å²) in [6, 6.07) is 0.585. The van der Waals surface area contributed by atoms with Crippen LogP contribution in [-0.2, 0) is 4.74 Å².